The highest BCUT2D eigenvalue weighted by Gasteiger charge is 2.36. The van der Waals surface area contributed by atoms with Crippen LogP contribution in [0.4, 0.5) is 22.0 Å². The highest BCUT2D eigenvalue weighted by Crippen LogP contribution is 2.36. The molecule has 11 nitrogen and oxygen atoms in total. The summed E-state index contributed by atoms with van der Waals surface area (Å²) in [6, 6.07) is 8.92. The molecule has 3 heterocycles. The zero-order valence-electron chi connectivity index (χ0n) is 20.6. The third-order valence-electron chi connectivity index (χ3n) is 5.96. The van der Waals surface area contributed by atoms with Crippen LogP contribution in [0.3, 0.4) is 0 Å². The van der Waals surface area contributed by atoms with Gasteiger partial charge in [-0.25, -0.2) is 28.1 Å². The number of aromatic nitrogens is 3. The molecule has 2 aromatic heterocycles. The van der Waals surface area contributed by atoms with Gasteiger partial charge in [-0.15, -0.1) is 0 Å². The van der Waals surface area contributed by atoms with Crippen LogP contribution in [0, 0.1) is 0 Å². The summed E-state index contributed by atoms with van der Waals surface area (Å²) in [5.74, 6) is -0.00463. The van der Waals surface area contributed by atoms with Gasteiger partial charge in [-0.1, -0.05) is 19.6 Å². The summed E-state index contributed by atoms with van der Waals surface area (Å²) in [4.78, 5) is 40.9. The molecule has 0 radical (unpaired) electrons. The Bertz CT molecular complexity index is 1460. The summed E-state index contributed by atoms with van der Waals surface area (Å²) in [7, 11) is -2.72. The molecule has 37 heavy (non-hydrogen) atoms. The van der Waals surface area contributed by atoms with Crippen molar-refractivity contribution < 1.29 is 22.7 Å². The first kappa shape index (κ1) is 25.8. The first-order valence-corrected chi connectivity index (χ1v) is 12.9. The van der Waals surface area contributed by atoms with Crippen LogP contribution in [-0.4, -0.2) is 53.4 Å². The number of hydrogen-bond acceptors (Lipinski definition) is 8. The Labute approximate surface area is 214 Å². The molecule has 1 atom stereocenters. The Morgan fingerprint density at radius 2 is 2.03 bits per heavy atom. The maximum absolute atomic E-state index is 13.7. The van der Waals surface area contributed by atoms with Gasteiger partial charge in [-0.2, -0.15) is 4.98 Å². The first-order valence-electron chi connectivity index (χ1n) is 11.4. The lowest BCUT2D eigenvalue weighted by Crippen LogP contribution is -2.49. The molecule has 3 aromatic rings. The quantitative estimate of drug-likeness (QED) is 0.349. The van der Waals surface area contributed by atoms with Crippen molar-refractivity contribution in [1.82, 2.24) is 19.9 Å². The molecule has 1 N–H and O–H groups in total. The molecule has 0 fully saturated rings. The smallest absolute Gasteiger partial charge is 0.330 e. The predicted molar refractivity (Wildman–Crippen MR) is 136 cm³/mol. The highest BCUT2D eigenvalue weighted by molar-refractivity contribution is 7.91. The molecule has 12 heteroatoms. The molecule has 0 bridgehead atoms. The van der Waals surface area contributed by atoms with Gasteiger partial charge in [-0.05, 0) is 43.7 Å². The summed E-state index contributed by atoms with van der Waals surface area (Å²) in [6.07, 6.45) is 4.43. The van der Waals surface area contributed by atoms with E-state index in [1.807, 2.05) is 13.8 Å². The fourth-order valence-corrected chi connectivity index (χ4v) is 4.80. The first-order chi connectivity index (χ1) is 17.7. The summed E-state index contributed by atoms with van der Waals surface area (Å²) in [5.41, 5.74) is 1.41. The molecule has 192 valence electrons. The Balaban J connectivity index is 1.83. The van der Waals surface area contributed by atoms with E-state index in [-0.39, 0.29) is 35.2 Å². The van der Waals surface area contributed by atoms with Crippen LogP contribution < -0.4 is 15.0 Å². The van der Waals surface area contributed by atoms with Crippen molar-refractivity contribution >= 4 is 39.0 Å². The summed E-state index contributed by atoms with van der Waals surface area (Å²) in [6.45, 7) is 7.57. The third-order valence-corrected chi connectivity index (χ3v) is 7.50. The van der Waals surface area contributed by atoms with E-state index in [1.54, 1.807) is 29.2 Å². The molecular formula is C25H26N6O5S. The van der Waals surface area contributed by atoms with Crippen molar-refractivity contribution in [3.8, 4) is 5.88 Å². The van der Waals surface area contributed by atoms with E-state index in [0.29, 0.717) is 23.4 Å². The molecule has 1 unspecified atom stereocenters. The minimum atomic E-state index is -4.14. The Kier molecular flexibility index (Phi) is 7.21. The summed E-state index contributed by atoms with van der Waals surface area (Å²) < 4.78 is 31.6. The number of nitrogens with zero attached hydrogens (tertiary/aromatic N) is 5. The van der Waals surface area contributed by atoms with Gasteiger partial charge in [0, 0.05) is 29.6 Å². The van der Waals surface area contributed by atoms with Crippen LogP contribution in [0.2, 0.25) is 0 Å². The van der Waals surface area contributed by atoms with Crippen LogP contribution >= 0.6 is 0 Å². The van der Waals surface area contributed by atoms with Crippen LogP contribution in [0.15, 0.2) is 71.5 Å². The number of urea groups is 1. The maximum atomic E-state index is 13.7. The second kappa shape index (κ2) is 10.3. The number of amides is 3. The second-order valence-corrected chi connectivity index (χ2v) is 10.1. The van der Waals surface area contributed by atoms with E-state index < -0.39 is 20.9 Å². The Morgan fingerprint density at radius 3 is 2.68 bits per heavy atom. The number of sulfone groups is 1. The fourth-order valence-electron chi connectivity index (χ4n) is 3.75. The van der Waals surface area contributed by atoms with E-state index >= 15 is 0 Å². The predicted octanol–water partition coefficient (Wildman–Crippen LogP) is 3.71. The number of fused-ring (bicyclic) bond motifs is 1. The number of hydrogen-bond donors (Lipinski definition) is 1. The number of carbonyl (C=O) groups excluding carboxylic acids is 2. The van der Waals surface area contributed by atoms with Crippen molar-refractivity contribution in [2.75, 3.05) is 17.3 Å². The molecule has 4 rings (SSSR count). The van der Waals surface area contributed by atoms with Gasteiger partial charge in [0.25, 0.3) is 5.16 Å². The second-order valence-electron chi connectivity index (χ2n) is 8.29. The Hall–Kier alpha value is -4.32. The number of benzene rings is 1. The summed E-state index contributed by atoms with van der Waals surface area (Å²) >= 11 is 0. The standard InChI is InChI=1S/C25H26N6O5S/c1-5-16(3)30-15-17-13-27-24(37(34,35)20-10-11-22(36-4)26-14-20)29-23(17)31(25(30)33)19-9-7-8-18(12-19)28-21(32)6-2/h6-14,16H,2,5,15H2,1,3-4H3,(H,28,32). The lowest BCUT2D eigenvalue weighted by molar-refractivity contribution is -0.111. The van der Waals surface area contributed by atoms with Crippen molar-refractivity contribution in [3.63, 3.8) is 0 Å². The van der Waals surface area contributed by atoms with Crippen molar-refractivity contribution in [2.45, 2.75) is 42.9 Å². The largest absolute Gasteiger partial charge is 0.481 e. The van der Waals surface area contributed by atoms with Crippen LogP contribution in [0.5, 0.6) is 5.88 Å². The molecule has 3 amide bonds. The number of ether oxygens (including phenoxy) is 1. The number of rotatable bonds is 8. The molecule has 0 saturated heterocycles. The van der Waals surface area contributed by atoms with Crippen molar-refractivity contribution in [3.05, 3.63) is 67.0 Å². The van der Waals surface area contributed by atoms with Crippen LogP contribution in [0.25, 0.3) is 0 Å². The number of anilines is 3. The van der Waals surface area contributed by atoms with Gasteiger partial charge in [0.2, 0.25) is 21.6 Å². The molecular weight excluding hydrogens is 496 g/mol. The Morgan fingerprint density at radius 1 is 1.24 bits per heavy atom. The molecule has 1 aromatic carbocycles. The van der Waals surface area contributed by atoms with Crippen molar-refractivity contribution in [2.24, 2.45) is 0 Å². The van der Waals surface area contributed by atoms with E-state index in [1.165, 1.54) is 30.3 Å². The topological polar surface area (TPSA) is 135 Å². The van der Waals surface area contributed by atoms with Gasteiger partial charge in [0.05, 0.1) is 30.4 Å². The average molecular weight is 523 g/mol. The van der Waals surface area contributed by atoms with Crippen LogP contribution in [0.1, 0.15) is 25.8 Å². The molecule has 1 aliphatic rings. The average Bonchev–Trinajstić information content (AvgIpc) is 2.92. The van der Waals surface area contributed by atoms with E-state index in [0.717, 1.165) is 12.3 Å². The fraction of sp³-hybridized carbons (Fsp3) is 0.240. The van der Waals surface area contributed by atoms with E-state index in [4.69, 9.17) is 4.74 Å². The van der Waals surface area contributed by atoms with Gasteiger partial charge in [0.15, 0.2) is 5.82 Å². The minimum Gasteiger partial charge on any atom is -0.481 e. The number of carbonyl (C=O) groups is 2. The van der Waals surface area contributed by atoms with Gasteiger partial charge < -0.3 is 15.0 Å². The summed E-state index contributed by atoms with van der Waals surface area (Å²) in [5, 5.41) is 2.20. The zero-order valence-corrected chi connectivity index (χ0v) is 21.4. The molecule has 0 spiro atoms. The molecule has 1 aliphatic heterocycles. The van der Waals surface area contributed by atoms with E-state index in [2.05, 4.69) is 26.8 Å². The number of methoxy groups -OCH3 is 1. The van der Waals surface area contributed by atoms with Gasteiger partial charge in [0.1, 0.15) is 0 Å². The normalized spacial score (nSPS) is 14.1. The zero-order chi connectivity index (χ0) is 26.7. The molecule has 0 aliphatic carbocycles. The third kappa shape index (κ3) is 5.00. The lowest BCUT2D eigenvalue weighted by atomic mass is 10.1. The number of pyridine rings is 1. The number of nitrogens with one attached hydrogen (secondary N) is 1. The SMILES string of the molecule is C=CC(=O)Nc1cccc(N2C(=O)N(C(C)CC)Cc3cnc(S(=O)(=O)c4ccc(OC)nc4)nc32)c1. The maximum Gasteiger partial charge on any atom is 0.330 e. The van der Waals surface area contributed by atoms with Gasteiger partial charge in [-0.3, -0.25) is 4.79 Å². The molecule has 0 saturated carbocycles. The van der Waals surface area contributed by atoms with Gasteiger partial charge >= 0.3 is 6.03 Å². The van der Waals surface area contributed by atoms with E-state index in [9.17, 15) is 18.0 Å². The highest BCUT2D eigenvalue weighted by atomic mass is 32.2. The minimum absolute atomic E-state index is 0.0967. The monoisotopic (exact) mass is 522 g/mol. The lowest BCUT2D eigenvalue weighted by Gasteiger charge is -2.39. The van der Waals surface area contributed by atoms with Crippen molar-refractivity contribution in [1.29, 1.82) is 0 Å². The van der Waals surface area contributed by atoms with Crippen LogP contribution in [-0.2, 0) is 21.2 Å².